The normalized spacial score (nSPS) is 12.4. The minimum atomic E-state index is 0.308. The Morgan fingerprint density at radius 2 is 1.94 bits per heavy atom. The van der Waals surface area contributed by atoms with Crippen molar-refractivity contribution in [1.29, 1.82) is 0 Å². The van der Waals surface area contributed by atoms with E-state index in [0.29, 0.717) is 19.3 Å². The third kappa shape index (κ3) is 6.97. The highest BCUT2D eigenvalue weighted by Crippen LogP contribution is 2.08. The molecule has 0 saturated carbocycles. The van der Waals surface area contributed by atoms with E-state index in [2.05, 4.69) is 12.2 Å². The van der Waals surface area contributed by atoms with Gasteiger partial charge in [0.05, 0.1) is 12.7 Å². The molecule has 96 valence electrons. The second kappa shape index (κ2) is 9.02. The molecule has 1 aromatic carbocycles. The van der Waals surface area contributed by atoms with Gasteiger partial charge in [-0.05, 0) is 45.5 Å². The molecule has 1 atom stereocenters. The summed E-state index contributed by atoms with van der Waals surface area (Å²) in [6.45, 7) is 4.42. The van der Waals surface area contributed by atoms with Crippen LogP contribution in [-0.4, -0.2) is 32.9 Å². The van der Waals surface area contributed by atoms with Gasteiger partial charge < -0.3 is 14.8 Å². The first-order valence-electron chi connectivity index (χ1n) is 6.27. The third-order valence-electron chi connectivity index (χ3n) is 2.54. The molecular formula is C14H23NO2. The van der Waals surface area contributed by atoms with Gasteiger partial charge in [0.1, 0.15) is 12.4 Å². The van der Waals surface area contributed by atoms with Crippen molar-refractivity contribution in [3.8, 4) is 5.75 Å². The highest BCUT2D eigenvalue weighted by molar-refractivity contribution is 5.20. The van der Waals surface area contributed by atoms with E-state index in [0.717, 1.165) is 25.1 Å². The summed E-state index contributed by atoms with van der Waals surface area (Å²) >= 11 is 0. The Morgan fingerprint density at radius 1 is 1.18 bits per heavy atom. The molecule has 0 heterocycles. The van der Waals surface area contributed by atoms with Crippen LogP contribution in [0.2, 0.25) is 0 Å². The molecule has 1 N–H and O–H groups in total. The Hall–Kier alpha value is -1.06. The van der Waals surface area contributed by atoms with Crippen molar-refractivity contribution >= 4 is 0 Å². The molecule has 3 nitrogen and oxygen atoms in total. The molecule has 1 rings (SSSR count). The lowest BCUT2D eigenvalue weighted by Crippen LogP contribution is -2.16. The molecule has 0 bridgehead atoms. The largest absolute Gasteiger partial charge is 0.491 e. The monoisotopic (exact) mass is 237 g/mol. The number of hydrogen-bond donors (Lipinski definition) is 1. The lowest BCUT2D eigenvalue weighted by Gasteiger charge is -2.13. The van der Waals surface area contributed by atoms with Crippen molar-refractivity contribution in [2.75, 3.05) is 26.8 Å². The zero-order valence-corrected chi connectivity index (χ0v) is 10.8. The van der Waals surface area contributed by atoms with Crippen LogP contribution in [0.1, 0.15) is 19.8 Å². The van der Waals surface area contributed by atoms with Gasteiger partial charge in [-0.1, -0.05) is 18.2 Å². The van der Waals surface area contributed by atoms with Crippen LogP contribution >= 0.6 is 0 Å². The SMILES string of the molecule is CNCCCC(C)OCCOc1ccccc1. The minimum absolute atomic E-state index is 0.308. The molecule has 0 aliphatic heterocycles. The average Bonchev–Trinajstić information content (AvgIpc) is 2.36. The maximum atomic E-state index is 5.66. The van der Waals surface area contributed by atoms with Crippen molar-refractivity contribution < 1.29 is 9.47 Å². The van der Waals surface area contributed by atoms with Gasteiger partial charge in [-0.3, -0.25) is 0 Å². The van der Waals surface area contributed by atoms with Crippen molar-refractivity contribution in [2.45, 2.75) is 25.9 Å². The number of benzene rings is 1. The fourth-order valence-corrected chi connectivity index (χ4v) is 1.58. The lowest BCUT2D eigenvalue weighted by molar-refractivity contribution is 0.0389. The average molecular weight is 237 g/mol. The van der Waals surface area contributed by atoms with Crippen molar-refractivity contribution in [1.82, 2.24) is 5.32 Å². The third-order valence-corrected chi connectivity index (χ3v) is 2.54. The first kappa shape index (κ1) is 14.0. The van der Waals surface area contributed by atoms with Gasteiger partial charge >= 0.3 is 0 Å². The lowest BCUT2D eigenvalue weighted by atomic mass is 10.2. The number of hydrogen-bond acceptors (Lipinski definition) is 3. The standard InChI is InChI=1S/C14H23NO2/c1-13(7-6-10-15-2)16-11-12-17-14-8-4-3-5-9-14/h3-5,8-9,13,15H,6-7,10-12H2,1-2H3. The molecule has 1 unspecified atom stereocenters. The Morgan fingerprint density at radius 3 is 2.65 bits per heavy atom. The summed E-state index contributed by atoms with van der Waals surface area (Å²) in [7, 11) is 1.97. The predicted octanol–water partition coefficient (Wildman–Crippen LogP) is 2.47. The zero-order valence-electron chi connectivity index (χ0n) is 10.8. The van der Waals surface area contributed by atoms with E-state index in [-0.39, 0.29) is 0 Å². The smallest absolute Gasteiger partial charge is 0.119 e. The highest BCUT2D eigenvalue weighted by atomic mass is 16.5. The molecule has 17 heavy (non-hydrogen) atoms. The summed E-state index contributed by atoms with van der Waals surface area (Å²) in [6.07, 6.45) is 2.55. The molecule has 0 radical (unpaired) electrons. The fraction of sp³-hybridized carbons (Fsp3) is 0.571. The van der Waals surface area contributed by atoms with Crippen LogP contribution in [0.3, 0.4) is 0 Å². The number of nitrogens with one attached hydrogen (secondary N) is 1. The van der Waals surface area contributed by atoms with Crippen LogP contribution in [0, 0.1) is 0 Å². The Labute approximate surface area is 104 Å². The predicted molar refractivity (Wildman–Crippen MR) is 70.5 cm³/mol. The van der Waals surface area contributed by atoms with Gasteiger partial charge in [0, 0.05) is 0 Å². The summed E-state index contributed by atoms with van der Waals surface area (Å²) in [5, 5.41) is 3.13. The van der Waals surface area contributed by atoms with Crippen molar-refractivity contribution in [3.05, 3.63) is 30.3 Å². The Kier molecular flexibility index (Phi) is 7.43. The first-order chi connectivity index (χ1) is 8.33. The van der Waals surface area contributed by atoms with Crippen molar-refractivity contribution in [3.63, 3.8) is 0 Å². The summed E-state index contributed by atoms with van der Waals surface area (Å²) in [5.74, 6) is 0.902. The molecule has 0 spiro atoms. The molecule has 0 aliphatic carbocycles. The number of ether oxygens (including phenoxy) is 2. The minimum Gasteiger partial charge on any atom is -0.491 e. The van der Waals surface area contributed by atoms with E-state index in [1.165, 1.54) is 0 Å². The molecule has 3 heteroatoms. The van der Waals surface area contributed by atoms with E-state index in [1.807, 2.05) is 37.4 Å². The van der Waals surface area contributed by atoms with Gasteiger partial charge in [-0.2, -0.15) is 0 Å². The van der Waals surface area contributed by atoms with Crippen LogP contribution in [0.5, 0.6) is 5.75 Å². The Balaban J connectivity index is 2.00. The molecule has 1 aromatic rings. The first-order valence-corrected chi connectivity index (χ1v) is 6.27. The van der Waals surface area contributed by atoms with Crippen LogP contribution in [-0.2, 0) is 4.74 Å². The van der Waals surface area contributed by atoms with Crippen LogP contribution in [0.25, 0.3) is 0 Å². The molecule has 0 aromatic heterocycles. The summed E-state index contributed by atoms with van der Waals surface area (Å²) in [5.41, 5.74) is 0. The molecule has 0 fully saturated rings. The van der Waals surface area contributed by atoms with Gasteiger partial charge in [-0.15, -0.1) is 0 Å². The number of para-hydroxylation sites is 1. The zero-order chi connectivity index (χ0) is 12.3. The Bertz CT molecular complexity index is 277. The van der Waals surface area contributed by atoms with Crippen LogP contribution in [0.4, 0.5) is 0 Å². The highest BCUT2D eigenvalue weighted by Gasteiger charge is 2.01. The summed E-state index contributed by atoms with van der Waals surface area (Å²) in [6, 6.07) is 9.83. The second-order valence-corrected chi connectivity index (χ2v) is 4.09. The van der Waals surface area contributed by atoms with Crippen LogP contribution in [0.15, 0.2) is 30.3 Å². The van der Waals surface area contributed by atoms with Gasteiger partial charge in [0.25, 0.3) is 0 Å². The van der Waals surface area contributed by atoms with E-state index in [4.69, 9.17) is 9.47 Å². The van der Waals surface area contributed by atoms with Crippen LogP contribution < -0.4 is 10.1 Å². The van der Waals surface area contributed by atoms with E-state index in [1.54, 1.807) is 0 Å². The number of rotatable bonds is 9. The van der Waals surface area contributed by atoms with Gasteiger partial charge in [-0.25, -0.2) is 0 Å². The summed E-state index contributed by atoms with van der Waals surface area (Å²) in [4.78, 5) is 0. The topological polar surface area (TPSA) is 30.5 Å². The van der Waals surface area contributed by atoms with E-state index >= 15 is 0 Å². The van der Waals surface area contributed by atoms with Gasteiger partial charge in [0.2, 0.25) is 0 Å². The molecular weight excluding hydrogens is 214 g/mol. The van der Waals surface area contributed by atoms with E-state index < -0.39 is 0 Å². The second-order valence-electron chi connectivity index (χ2n) is 4.09. The van der Waals surface area contributed by atoms with Gasteiger partial charge in [0.15, 0.2) is 0 Å². The van der Waals surface area contributed by atoms with E-state index in [9.17, 15) is 0 Å². The molecule has 0 saturated heterocycles. The maximum Gasteiger partial charge on any atom is 0.119 e. The van der Waals surface area contributed by atoms with Crippen molar-refractivity contribution in [2.24, 2.45) is 0 Å². The molecule has 0 amide bonds. The molecule has 0 aliphatic rings. The quantitative estimate of drug-likeness (QED) is 0.669. The summed E-state index contributed by atoms with van der Waals surface area (Å²) < 4.78 is 11.2. The maximum absolute atomic E-state index is 5.66. The fourth-order valence-electron chi connectivity index (χ4n) is 1.58.